The molecule has 76 valence electrons. The maximum atomic E-state index is 10.9. The third kappa shape index (κ3) is 2.60. The van der Waals surface area contributed by atoms with E-state index in [1.54, 1.807) is 0 Å². The SMILES string of the molecule is O=S1(=O)CC(NC2CCCSC2)C1. The van der Waals surface area contributed by atoms with Crippen LogP contribution in [0.1, 0.15) is 12.8 Å². The van der Waals surface area contributed by atoms with Crippen LogP contribution in [0.2, 0.25) is 0 Å². The van der Waals surface area contributed by atoms with Gasteiger partial charge in [0, 0.05) is 17.8 Å². The maximum absolute atomic E-state index is 10.9. The number of nitrogens with one attached hydrogen (secondary N) is 1. The topological polar surface area (TPSA) is 46.2 Å². The van der Waals surface area contributed by atoms with Gasteiger partial charge in [0.15, 0.2) is 9.84 Å². The normalized spacial score (nSPS) is 34.0. The van der Waals surface area contributed by atoms with Crippen molar-refractivity contribution in [1.82, 2.24) is 5.32 Å². The van der Waals surface area contributed by atoms with Crippen LogP contribution in [0.25, 0.3) is 0 Å². The van der Waals surface area contributed by atoms with E-state index >= 15 is 0 Å². The van der Waals surface area contributed by atoms with Gasteiger partial charge in [-0.3, -0.25) is 0 Å². The minimum Gasteiger partial charge on any atom is -0.308 e. The summed E-state index contributed by atoms with van der Waals surface area (Å²) in [5.41, 5.74) is 0. The average Bonchev–Trinajstić information content (AvgIpc) is 2.03. The van der Waals surface area contributed by atoms with Crippen molar-refractivity contribution in [2.24, 2.45) is 0 Å². The Bertz CT molecular complexity index is 258. The number of rotatable bonds is 2. The fraction of sp³-hybridized carbons (Fsp3) is 1.00. The molecule has 2 heterocycles. The van der Waals surface area contributed by atoms with Gasteiger partial charge in [-0.05, 0) is 18.6 Å². The number of hydrogen-bond acceptors (Lipinski definition) is 4. The Morgan fingerprint density at radius 2 is 2.00 bits per heavy atom. The molecule has 0 spiro atoms. The van der Waals surface area contributed by atoms with Crippen molar-refractivity contribution >= 4 is 21.6 Å². The van der Waals surface area contributed by atoms with Gasteiger partial charge in [-0.1, -0.05) is 0 Å². The molecular formula is C8H15NO2S2. The van der Waals surface area contributed by atoms with Crippen molar-refractivity contribution in [1.29, 1.82) is 0 Å². The molecule has 2 fully saturated rings. The van der Waals surface area contributed by atoms with E-state index in [2.05, 4.69) is 5.32 Å². The Kier molecular flexibility index (Phi) is 2.86. The fourth-order valence-electron chi connectivity index (χ4n) is 1.87. The largest absolute Gasteiger partial charge is 0.308 e. The molecule has 0 radical (unpaired) electrons. The lowest BCUT2D eigenvalue weighted by Crippen LogP contribution is -2.55. The fourth-order valence-corrected chi connectivity index (χ4v) is 4.27. The highest BCUT2D eigenvalue weighted by Crippen LogP contribution is 2.19. The molecule has 0 bridgehead atoms. The summed E-state index contributed by atoms with van der Waals surface area (Å²) in [6.45, 7) is 0. The van der Waals surface area contributed by atoms with Gasteiger partial charge < -0.3 is 5.32 Å². The van der Waals surface area contributed by atoms with Gasteiger partial charge >= 0.3 is 0 Å². The molecule has 0 aromatic heterocycles. The van der Waals surface area contributed by atoms with Crippen molar-refractivity contribution < 1.29 is 8.42 Å². The van der Waals surface area contributed by atoms with Gasteiger partial charge in [0.2, 0.25) is 0 Å². The second kappa shape index (κ2) is 3.79. The molecule has 2 aliphatic heterocycles. The number of hydrogen-bond donors (Lipinski definition) is 1. The highest BCUT2D eigenvalue weighted by Gasteiger charge is 2.34. The van der Waals surface area contributed by atoms with E-state index in [-0.39, 0.29) is 6.04 Å². The van der Waals surface area contributed by atoms with Crippen molar-refractivity contribution in [3.05, 3.63) is 0 Å². The summed E-state index contributed by atoms with van der Waals surface area (Å²) < 4.78 is 21.8. The van der Waals surface area contributed by atoms with E-state index in [0.29, 0.717) is 17.5 Å². The van der Waals surface area contributed by atoms with Gasteiger partial charge in [-0.2, -0.15) is 11.8 Å². The maximum Gasteiger partial charge on any atom is 0.153 e. The molecular weight excluding hydrogens is 206 g/mol. The summed E-state index contributed by atoms with van der Waals surface area (Å²) in [7, 11) is -2.65. The van der Waals surface area contributed by atoms with Gasteiger partial charge in [-0.15, -0.1) is 0 Å². The molecule has 0 aromatic carbocycles. The molecule has 2 saturated heterocycles. The highest BCUT2D eigenvalue weighted by molar-refractivity contribution is 7.99. The van der Waals surface area contributed by atoms with Crippen LogP contribution in [0.5, 0.6) is 0 Å². The van der Waals surface area contributed by atoms with Crippen molar-refractivity contribution in [3.63, 3.8) is 0 Å². The van der Waals surface area contributed by atoms with E-state index in [1.807, 2.05) is 11.8 Å². The molecule has 0 aliphatic carbocycles. The monoisotopic (exact) mass is 221 g/mol. The minimum atomic E-state index is -2.65. The van der Waals surface area contributed by atoms with Gasteiger partial charge in [0.1, 0.15) is 0 Å². The molecule has 13 heavy (non-hydrogen) atoms. The molecule has 1 unspecified atom stereocenters. The third-order valence-corrected chi connectivity index (χ3v) is 5.58. The second-order valence-electron chi connectivity index (χ2n) is 3.85. The van der Waals surface area contributed by atoms with Crippen LogP contribution in [-0.2, 0) is 9.84 Å². The molecule has 5 heteroatoms. The van der Waals surface area contributed by atoms with Crippen LogP contribution in [0.15, 0.2) is 0 Å². The van der Waals surface area contributed by atoms with Crippen LogP contribution >= 0.6 is 11.8 Å². The van der Waals surface area contributed by atoms with E-state index in [0.717, 1.165) is 5.75 Å². The van der Waals surface area contributed by atoms with E-state index in [9.17, 15) is 8.42 Å². The summed E-state index contributed by atoms with van der Waals surface area (Å²) >= 11 is 1.97. The standard InChI is InChI=1S/C8H15NO2S2/c10-13(11)5-8(6-13)9-7-2-1-3-12-4-7/h7-9H,1-6H2. The van der Waals surface area contributed by atoms with Crippen LogP contribution < -0.4 is 5.32 Å². The zero-order valence-electron chi connectivity index (χ0n) is 7.53. The lowest BCUT2D eigenvalue weighted by Gasteiger charge is -2.32. The van der Waals surface area contributed by atoms with Gasteiger partial charge in [0.25, 0.3) is 0 Å². The molecule has 0 saturated carbocycles. The molecule has 1 N–H and O–H groups in total. The predicted octanol–water partition coefficient (Wildman–Crippen LogP) is 0.269. The first-order valence-electron chi connectivity index (χ1n) is 4.70. The van der Waals surface area contributed by atoms with Crippen molar-refractivity contribution in [2.45, 2.75) is 24.9 Å². The molecule has 2 rings (SSSR count). The Morgan fingerprint density at radius 3 is 2.54 bits per heavy atom. The summed E-state index contributed by atoms with van der Waals surface area (Å²) in [6.07, 6.45) is 2.48. The molecule has 0 aromatic rings. The van der Waals surface area contributed by atoms with Gasteiger partial charge in [0.05, 0.1) is 11.5 Å². The predicted molar refractivity (Wildman–Crippen MR) is 55.9 cm³/mol. The Labute approximate surface area is 83.6 Å². The Balaban J connectivity index is 1.73. The summed E-state index contributed by atoms with van der Waals surface area (Å²) in [4.78, 5) is 0. The number of thioether (sulfide) groups is 1. The summed E-state index contributed by atoms with van der Waals surface area (Å²) in [5.74, 6) is 3.13. The first kappa shape index (κ1) is 9.80. The Hall–Kier alpha value is 0.260. The first-order valence-corrected chi connectivity index (χ1v) is 7.67. The van der Waals surface area contributed by atoms with Crippen LogP contribution in [0.4, 0.5) is 0 Å². The third-order valence-electron chi connectivity index (χ3n) is 2.54. The molecule has 1 atom stereocenters. The molecule has 2 aliphatic rings. The van der Waals surface area contributed by atoms with Crippen LogP contribution in [0, 0.1) is 0 Å². The van der Waals surface area contributed by atoms with E-state index in [1.165, 1.54) is 18.6 Å². The number of sulfone groups is 1. The highest BCUT2D eigenvalue weighted by atomic mass is 32.2. The van der Waals surface area contributed by atoms with Gasteiger partial charge in [-0.25, -0.2) is 8.42 Å². The molecule has 3 nitrogen and oxygen atoms in total. The first-order chi connectivity index (χ1) is 6.16. The zero-order chi connectivity index (χ0) is 9.31. The van der Waals surface area contributed by atoms with Crippen LogP contribution in [0.3, 0.4) is 0 Å². The minimum absolute atomic E-state index is 0.244. The summed E-state index contributed by atoms with van der Waals surface area (Å²) in [5, 5.41) is 3.41. The van der Waals surface area contributed by atoms with Crippen LogP contribution in [-0.4, -0.2) is 43.5 Å². The Morgan fingerprint density at radius 1 is 1.23 bits per heavy atom. The average molecular weight is 221 g/mol. The second-order valence-corrected chi connectivity index (χ2v) is 7.16. The van der Waals surface area contributed by atoms with Crippen molar-refractivity contribution in [3.8, 4) is 0 Å². The lowest BCUT2D eigenvalue weighted by molar-refractivity contribution is 0.438. The molecule has 0 amide bonds. The van der Waals surface area contributed by atoms with E-state index in [4.69, 9.17) is 0 Å². The zero-order valence-corrected chi connectivity index (χ0v) is 9.16. The smallest absolute Gasteiger partial charge is 0.153 e. The lowest BCUT2D eigenvalue weighted by atomic mass is 10.1. The van der Waals surface area contributed by atoms with E-state index < -0.39 is 9.84 Å². The quantitative estimate of drug-likeness (QED) is 0.727. The summed E-state index contributed by atoms with van der Waals surface area (Å²) in [6, 6.07) is 0.799. The van der Waals surface area contributed by atoms with Crippen molar-refractivity contribution in [2.75, 3.05) is 23.0 Å².